The van der Waals surface area contributed by atoms with Gasteiger partial charge < -0.3 is 5.73 Å². The van der Waals surface area contributed by atoms with Crippen LogP contribution in [0.1, 0.15) is 43.7 Å². The molecule has 3 unspecified atom stereocenters. The zero-order valence-electron chi connectivity index (χ0n) is 13.8. The van der Waals surface area contributed by atoms with Gasteiger partial charge in [0.15, 0.2) is 5.82 Å². The van der Waals surface area contributed by atoms with Gasteiger partial charge in [-0.15, -0.1) is 5.10 Å². The Morgan fingerprint density at radius 3 is 2.60 bits per heavy atom. The number of aromatic nitrogens is 3. The van der Waals surface area contributed by atoms with E-state index in [1.165, 1.54) is 16.8 Å². The summed E-state index contributed by atoms with van der Waals surface area (Å²) in [4.78, 5) is 3.75. The van der Waals surface area contributed by atoms with Crippen LogP contribution in [0, 0.1) is 5.82 Å². The maximum absolute atomic E-state index is 13.7. The fourth-order valence-electron chi connectivity index (χ4n) is 3.38. The van der Waals surface area contributed by atoms with Crippen molar-refractivity contribution in [3.8, 4) is 0 Å². The number of fused-ring (bicyclic) bond motifs is 1. The second kappa shape index (κ2) is 7.82. The van der Waals surface area contributed by atoms with Gasteiger partial charge in [0.25, 0.3) is 0 Å². The van der Waals surface area contributed by atoms with Crippen molar-refractivity contribution in [1.82, 2.24) is 18.9 Å². The molecule has 2 N–H and O–H groups in total. The van der Waals surface area contributed by atoms with Gasteiger partial charge in [-0.05, 0) is 38.2 Å². The van der Waals surface area contributed by atoms with Gasteiger partial charge >= 0.3 is 0 Å². The van der Waals surface area contributed by atoms with Crippen LogP contribution < -0.4 is 5.73 Å². The van der Waals surface area contributed by atoms with Crippen molar-refractivity contribution in [2.75, 3.05) is 18.8 Å². The second-order valence-corrected chi connectivity index (χ2v) is 7.16. The third-order valence-electron chi connectivity index (χ3n) is 4.64. The molecule has 1 aliphatic carbocycles. The zero-order chi connectivity index (χ0) is 18.0. The maximum atomic E-state index is 13.7. The Morgan fingerprint density at radius 2 is 2.00 bits per heavy atom. The molecule has 3 heterocycles. The number of anilines is 1. The van der Waals surface area contributed by atoms with Crippen LogP contribution in [0.25, 0.3) is 5.52 Å². The van der Waals surface area contributed by atoms with Crippen molar-refractivity contribution in [1.29, 1.82) is 0 Å². The number of hydrogen-bond donors (Lipinski definition) is 2. The molecule has 0 amide bonds. The first-order valence-corrected chi connectivity index (χ1v) is 8.85. The van der Waals surface area contributed by atoms with E-state index in [9.17, 15) is 13.2 Å². The second-order valence-electron chi connectivity index (χ2n) is 6.59. The van der Waals surface area contributed by atoms with E-state index < -0.39 is 12.3 Å². The number of piperidine rings is 1. The average molecular weight is 373 g/mol. The summed E-state index contributed by atoms with van der Waals surface area (Å²) < 4.78 is 42.4. The molecular weight excluding hydrogens is 351 g/mol. The fraction of sp³-hybridized carbons (Fsp3) is 0.625. The van der Waals surface area contributed by atoms with E-state index in [0.29, 0.717) is 25.1 Å². The zero-order valence-corrected chi connectivity index (χ0v) is 14.7. The van der Waals surface area contributed by atoms with Crippen LogP contribution in [0.2, 0.25) is 0 Å². The number of halogens is 3. The minimum atomic E-state index is -0.798. The predicted octanol–water partition coefficient (Wildman–Crippen LogP) is 3.32. The molecule has 4 rings (SSSR count). The minimum absolute atomic E-state index is 0.0105. The largest absolute Gasteiger partial charge is 0.367 e. The summed E-state index contributed by atoms with van der Waals surface area (Å²) in [7, 11) is 0. The number of hydrogen-bond acceptors (Lipinski definition) is 5. The van der Waals surface area contributed by atoms with Crippen LogP contribution in [-0.2, 0) is 0 Å². The van der Waals surface area contributed by atoms with Gasteiger partial charge in [0.2, 0.25) is 5.95 Å². The van der Waals surface area contributed by atoms with Crippen LogP contribution in [-0.4, -0.2) is 44.3 Å². The van der Waals surface area contributed by atoms with Gasteiger partial charge in [0, 0.05) is 24.7 Å². The summed E-state index contributed by atoms with van der Waals surface area (Å²) in [6, 6.07) is 1.41. The molecule has 9 heteroatoms. The van der Waals surface area contributed by atoms with Crippen LogP contribution in [0.5, 0.6) is 0 Å². The summed E-state index contributed by atoms with van der Waals surface area (Å²) in [6.07, 6.45) is 3.26. The summed E-state index contributed by atoms with van der Waals surface area (Å²) in [5, 5.41) is 3.99. The topological polar surface area (TPSA) is 59.5 Å². The quantitative estimate of drug-likeness (QED) is 0.753. The predicted molar refractivity (Wildman–Crippen MR) is 93.5 cm³/mol. The standard InChI is InChI=1S/C11H12F2N4.C5H10FNS/c12-7-2-1-6(3-7)9-4-8(13)10-5-15-11(14)16-17(9)10;6-5-2-1-3-7(8)4-5/h4-7H,1-3H2,(H2,14,16);5,8H,1-4H2. The molecule has 1 saturated carbocycles. The Hall–Kier alpha value is -1.48. The van der Waals surface area contributed by atoms with Crippen LogP contribution in [0.4, 0.5) is 19.1 Å². The number of alkyl halides is 2. The number of thiol groups is 1. The molecule has 5 nitrogen and oxygen atoms in total. The molecule has 1 aliphatic heterocycles. The van der Waals surface area contributed by atoms with E-state index >= 15 is 0 Å². The minimum Gasteiger partial charge on any atom is -0.367 e. The molecule has 25 heavy (non-hydrogen) atoms. The van der Waals surface area contributed by atoms with Gasteiger partial charge in [0.05, 0.1) is 6.20 Å². The highest BCUT2D eigenvalue weighted by atomic mass is 32.1. The molecule has 0 spiro atoms. The molecule has 0 aromatic carbocycles. The third kappa shape index (κ3) is 4.38. The lowest BCUT2D eigenvalue weighted by Crippen LogP contribution is -2.29. The Kier molecular flexibility index (Phi) is 5.73. The van der Waals surface area contributed by atoms with Crippen molar-refractivity contribution < 1.29 is 13.2 Å². The molecule has 1 saturated heterocycles. The number of nitrogens with two attached hydrogens (primary N) is 1. The van der Waals surface area contributed by atoms with Crippen LogP contribution in [0.3, 0.4) is 0 Å². The first-order chi connectivity index (χ1) is 11.9. The summed E-state index contributed by atoms with van der Waals surface area (Å²) in [5.74, 6) is -0.289. The Balaban J connectivity index is 0.000000192. The fourth-order valence-corrected chi connectivity index (χ4v) is 3.70. The molecule has 3 atom stereocenters. The van der Waals surface area contributed by atoms with Crippen LogP contribution >= 0.6 is 12.8 Å². The molecule has 2 aliphatic rings. The lowest BCUT2D eigenvalue weighted by Gasteiger charge is -2.22. The maximum Gasteiger partial charge on any atom is 0.238 e. The summed E-state index contributed by atoms with van der Waals surface area (Å²) in [6.45, 7) is 1.44. The molecular formula is C16H22F3N5S. The van der Waals surface area contributed by atoms with E-state index in [1.54, 1.807) is 4.31 Å². The average Bonchev–Trinajstić information content (AvgIpc) is 3.11. The first-order valence-electron chi connectivity index (χ1n) is 8.45. The van der Waals surface area contributed by atoms with Gasteiger partial charge in [-0.1, -0.05) is 12.8 Å². The van der Waals surface area contributed by atoms with Crippen molar-refractivity contribution >= 4 is 24.3 Å². The molecule has 2 aromatic rings. The molecule has 2 aromatic heterocycles. The molecule has 0 bridgehead atoms. The lowest BCUT2D eigenvalue weighted by molar-refractivity contribution is 0.214. The summed E-state index contributed by atoms with van der Waals surface area (Å²) in [5.41, 5.74) is 6.46. The Morgan fingerprint density at radius 1 is 1.20 bits per heavy atom. The van der Waals surface area contributed by atoms with Gasteiger partial charge in [0.1, 0.15) is 17.9 Å². The van der Waals surface area contributed by atoms with E-state index in [-0.39, 0.29) is 23.2 Å². The highest BCUT2D eigenvalue weighted by Crippen LogP contribution is 2.37. The Labute approximate surface area is 149 Å². The number of nitrogens with zero attached hydrogens (tertiary/aromatic N) is 4. The van der Waals surface area contributed by atoms with E-state index in [0.717, 1.165) is 25.8 Å². The number of nitrogen functional groups attached to an aromatic ring is 1. The SMILES string of the molecule is FC1CCCN(S)C1.Nc1ncc2c(F)cc(C3CCC(F)C3)n2n1. The summed E-state index contributed by atoms with van der Waals surface area (Å²) >= 11 is 4.01. The smallest absolute Gasteiger partial charge is 0.238 e. The van der Waals surface area contributed by atoms with Crippen molar-refractivity contribution in [2.45, 2.75) is 50.4 Å². The van der Waals surface area contributed by atoms with Gasteiger partial charge in [-0.3, -0.25) is 4.31 Å². The van der Waals surface area contributed by atoms with E-state index in [4.69, 9.17) is 5.73 Å². The van der Waals surface area contributed by atoms with Crippen molar-refractivity contribution in [3.63, 3.8) is 0 Å². The van der Waals surface area contributed by atoms with Crippen molar-refractivity contribution in [2.24, 2.45) is 0 Å². The molecule has 0 radical (unpaired) electrons. The van der Waals surface area contributed by atoms with E-state index in [1.807, 2.05) is 0 Å². The van der Waals surface area contributed by atoms with Crippen molar-refractivity contribution in [3.05, 3.63) is 23.8 Å². The van der Waals surface area contributed by atoms with Gasteiger partial charge in [-0.25, -0.2) is 22.7 Å². The van der Waals surface area contributed by atoms with Crippen LogP contribution in [0.15, 0.2) is 12.3 Å². The monoisotopic (exact) mass is 373 g/mol. The van der Waals surface area contributed by atoms with Gasteiger partial charge in [-0.2, -0.15) is 0 Å². The third-order valence-corrected chi connectivity index (χ3v) is 5.01. The molecule has 138 valence electrons. The van der Waals surface area contributed by atoms with E-state index in [2.05, 4.69) is 22.9 Å². The lowest BCUT2D eigenvalue weighted by atomic mass is 10.0. The number of rotatable bonds is 1. The first kappa shape index (κ1) is 18.3. The highest BCUT2D eigenvalue weighted by Gasteiger charge is 2.29. The normalized spacial score (nSPS) is 27.3. The Bertz CT molecular complexity index is 717. The highest BCUT2D eigenvalue weighted by molar-refractivity contribution is 7.77. The molecule has 2 fully saturated rings.